The molecule has 6 heteroatoms. The van der Waals surface area contributed by atoms with Crippen molar-refractivity contribution < 1.29 is 0 Å². The molecule has 1 aliphatic rings. The minimum atomic E-state index is 0.554. The van der Waals surface area contributed by atoms with Crippen LogP contribution in [-0.4, -0.2) is 54.6 Å². The zero-order valence-corrected chi connectivity index (χ0v) is 13.4. The zero-order chi connectivity index (χ0) is 13.8. The van der Waals surface area contributed by atoms with E-state index in [1.165, 1.54) is 25.9 Å². The summed E-state index contributed by atoms with van der Waals surface area (Å²) >= 11 is 3.59. The van der Waals surface area contributed by atoms with E-state index in [0.717, 1.165) is 22.7 Å². The Morgan fingerprint density at radius 3 is 2.68 bits per heavy atom. The molecule has 0 unspecified atom stereocenters. The van der Waals surface area contributed by atoms with Crippen LogP contribution in [-0.2, 0) is 0 Å². The van der Waals surface area contributed by atoms with Crippen molar-refractivity contribution in [1.29, 1.82) is 0 Å². The van der Waals surface area contributed by atoms with E-state index in [1.54, 1.807) is 6.33 Å². The quantitative estimate of drug-likeness (QED) is 0.918. The number of nitrogens with one attached hydrogen (secondary N) is 1. The number of piperidine rings is 1. The molecule has 5 nitrogen and oxygen atoms in total. The summed E-state index contributed by atoms with van der Waals surface area (Å²) in [4.78, 5) is 13.4. The van der Waals surface area contributed by atoms with Gasteiger partial charge in [0.15, 0.2) is 0 Å². The molecular formula is C13H22BrN5. The van der Waals surface area contributed by atoms with E-state index in [0.29, 0.717) is 6.04 Å². The van der Waals surface area contributed by atoms with E-state index in [-0.39, 0.29) is 0 Å². The Morgan fingerprint density at radius 1 is 1.42 bits per heavy atom. The van der Waals surface area contributed by atoms with Crippen molar-refractivity contribution in [2.24, 2.45) is 0 Å². The number of rotatable bonds is 4. The van der Waals surface area contributed by atoms with Crippen molar-refractivity contribution in [3.63, 3.8) is 0 Å². The Balaban J connectivity index is 2.10. The van der Waals surface area contributed by atoms with Crippen LogP contribution >= 0.6 is 15.9 Å². The van der Waals surface area contributed by atoms with Crippen molar-refractivity contribution in [2.45, 2.75) is 25.8 Å². The fraction of sp³-hybridized carbons (Fsp3) is 0.692. The first-order chi connectivity index (χ1) is 9.17. The number of likely N-dealkylation sites (tertiary alicyclic amines) is 1. The first-order valence-corrected chi connectivity index (χ1v) is 7.60. The molecule has 0 atom stereocenters. The van der Waals surface area contributed by atoms with Crippen molar-refractivity contribution in [3.8, 4) is 0 Å². The smallest absolute Gasteiger partial charge is 0.148 e. The highest BCUT2D eigenvalue weighted by atomic mass is 79.9. The highest BCUT2D eigenvalue weighted by Gasteiger charge is 2.24. The van der Waals surface area contributed by atoms with E-state index in [2.05, 4.69) is 55.0 Å². The molecule has 0 saturated carbocycles. The fourth-order valence-electron chi connectivity index (χ4n) is 2.58. The van der Waals surface area contributed by atoms with E-state index < -0.39 is 0 Å². The lowest BCUT2D eigenvalue weighted by Crippen LogP contribution is -2.43. The summed E-state index contributed by atoms with van der Waals surface area (Å²) in [7, 11) is 4.00. The summed E-state index contributed by atoms with van der Waals surface area (Å²) in [5.41, 5.74) is 0. The molecule has 2 rings (SSSR count). The molecule has 0 radical (unpaired) electrons. The third-order valence-corrected chi connectivity index (χ3v) is 4.62. The third kappa shape index (κ3) is 3.17. The first-order valence-electron chi connectivity index (χ1n) is 6.80. The zero-order valence-electron chi connectivity index (χ0n) is 11.9. The molecule has 19 heavy (non-hydrogen) atoms. The molecule has 106 valence electrons. The Hall–Kier alpha value is -0.880. The predicted octanol–water partition coefficient (Wildman–Crippen LogP) is 2.20. The maximum atomic E-state index is 4.42. The Bertz CT molecular complexity index is 417. The number of hydrogen-bond donors (Lipinski definition) is 1. The van der Waals surface area contributed by atoms with E-state index in [4.69, 9.17) is 0 Å². The maximum Gasteiger partial charge on any atom is 0.148 e. The monoisotopic (exact) mass is 327 g/mol. The minimum absolute atomic E-state index is 0.554. The summed E-state index contributed by atoms with van der Waals surface area (Å²) < 4.78 is 0.943. The van der Waals surface area contributed by atoms with Gasteiger partial charge in [0.2, 0.25) is 0 Å². The average Bonchev–Trinajstić information content (AvgIpc) is 2.47. The first kappa shape index (κ1) is 14.5. The van der Waals surface area contributed by atoms with Gasteiger partial charge in [0, 0.05) is 33.2 Å². The van der Waals surface area contributed by atoms with Crippen molar-refractivity contribution in [3.05, 3.63) is 10.8 Å². The molecule has 0 bridgehead atoms. The molecule has 0 aromatic carbocycles. The summed E-state index contributed by atoms with van der Waals surface area (Å²) in [5, 5.41) is 3.08. The Kier molecular flexibility index (Phi) is 4.99. The van der Waals surface area contributed by atoms with Gasteiger partial charge in [0.1, 0.15) is 22.4 Å². The Labute approximate surface area is 123 Å². The summed E-state index contributed by atoms with van der Waals surface area (Å²) in [5.74, 6) is 1.80. The van der Waals surface area contributed by atoms with Crippen molar-refractivity contribution >= 4 is 27.6 Å². The lowest BCUT2D eigenvalue weighted by Gasteiger charge is -2.37. The summed E-state index contributed by atoms with van der Waals surface area (Å²) in [6, 6.07) is 0.554. The van der Waals surface area contributed by atoms with Crippen LogP contribution in [0.15, 0.2) is 10.8 Å². The number of nitrogens with zero attached hydrogens (tertiary/aromatic N) is 4. The van der Waals surface area contributed by atoms with Crippen LogP contribution in [0.25, 0.3) is 0 Å². The molecule has 1 aromatic heterocycles. The second-order valence-corrected chi connectivity index (χ2v) is 5.68. The van der Waals surface area contributed by atoms with Crippen LogP contribution in [0.1, 0.15) is 19.8 Å². The molecular weight excluding hydrogens is 306 g/mol. The van der Waals surface area contributed by atoms with Crippen molar-refractivity contribution in [1.82, 2.24) is 14.9 Å². The van der Waals surface area contributed by atoms with Gasteiger partial charge in [0.25, 0.3) is 0 Å². The van der Waals surface area contributed by atoms with Gasteiger partial charge in [-0.1, -0.05) is 6.92 Å². The SMILES string of the molecule is CCN1CCC(N(C)c2ncnc(NC)c2Br)CC1. The molecule has 1 N–H and O–H groups in total. The lowest BCUT2D eigenvalue weighted by atomic mass is 10.0. The number of halogens is 1. The molecule has 1 fully saturated rings. The largest absolute Gasteiger partial charge is 0.372 e. The number of anilines is 2. The van der Waals surface area contributed by atoms with Crippen LogP contribution < -0.4 is 10.2 Å². The number of aromatic nitrogens is 2. The average molecular weight is 328 g/mol. The maximum absolute atomic E-state index is 4.42. The van der Waals surface area contributed by atoms with Gasteiger partial charge < -0.3 is 15.1 Å². The second kappa shape index (κ2) is 6.52. The molecule has 0 aliphatic carbocycles. The van der Waals surface area contributed by atoms with Gasteiger partial charge in [-0.15, -0.1) is 0 Å². The topological polar surface area (TPSA) is 44.3 Å². The van der Waals surface area contributed by atoms with Crippen LogP contribution in [0, 0.1) is 0 Å². The van der Waals surface area contributed by atoms with E-state index in [1.807, 2.05) is 7.05 Å². The van der Waals surface area contributed by atoms with Gasteiger partial charge in [-0.05, 0) is 35.3 Å². The van der Waals surface area contributed by atoms with Gasteiger partial charge in [0.05, 0.1) is 0 Å². The van der Waals surface area contributed by atoms with E-state index in [9.17, 15) is 0 Å². The Morgan fingerprint density at radius 2 is 2.11 bits per heavy atom. The summed E-state index contributed by atoms with van der Waals surface area (Å²) in [6.07, 6.45) is 3.99. The molecule has 0 amide bonds. The molecule has 1 aliphatic heterocycles. The van der Waals surface area contributed by atoms with Crippen molar-refractivity contribution in [2.75, 3.05) is 43.9 Å². The fourth-order valence-corrected chi connectivity index (χ4v) is 3.26. The van der Waals surface area contributed by atoms with Gasteiger partial charge in [-0.2, -0.15) is 0 Å². The molecule has 1 saturated heterocycles. The van der Waals surface area contributed by atoms with E-state index >= 15 is 0 Å². The number of hydrogen-bond acceptors (Lipinski definition) is 5. The highest BCUT2D eigenvalue weighted by molar-refractivity contribution is 9.10. The molecule has 1 aromatic rings. The standard InChI is InChI=1S/C13H22BrN5/c1-4-19-7-5-10(6-8-19)18(3)13-11(14)12(15-2)16-9-17-13/h9-10H,4-8H2,1-3H3,(H,15,16,17). The van der Waals surface area contributed by atoms with Gasteiger partial charge in [-0.25, -0.2) is 9.97 Å². The van der Waals surface area contributed by atoms with Gasteiger partial charge in [-0.3, -0.25) is 0 Å². The normalized spacial score (nSPS) is 17.5. The second-order valence-electron chi connectivity index (χ2n) is 4.89. The van der Waals surface area contributed by atoms with Crippen LogP contribution in [0.5, 0.6) is 0 Å². The van der Waals surface area contributed by atoms with Crippen LogP contribution in [0.4, 0.5) is 11.6 Å². The van der Waals surface area contributed by atoms with Crippen LogP contribution in [0.3, 0.4) is 0 Å². The lowest BCUT2D eigenvalue weighted by molar-refractivity contribution is 0.220. The summed E-state index contributed by atoms with van der Waals surface area (Å²) in [6.45, 7) is 5.72. The minimum Gasteiger partial charge on any atom is -0.372 e. The third-order valence-electron chi connectivity index (χ3n) is 3.89. The molecule has 0 spiro atoms. The predicted molar refractivity (Wildman–Crippen MR) is 82.8 cm³/mol. The highest BCUT2D eigenvalue weighted by Crippen LogP contribution is 2.31. The van der Waals surface area contributed by atoms with Crippen LogP contribution in [0.2, 0.25) is 0 Å². The van der Waals surface area contributed by atoms with Gasteiger partial charge >= 0.3 is 0 Å². The molecule has 2 heterocycles.